The molecule has 0 heterocycles. The Hall–Kier alpha value is -0.710. The molecule has 104 valence electrons. The van der Waals surface area contributed by atoms with E-state index in [-0.39, 0.29) is 5.91 Å². The van der Waals surface area contributed by atoms with Crippen LogP contribution in [0, 0.1) is 0 Å². The number of nitrogens with two attached hydrogens (primary N) is 1. The molecule has 3 N–H and O–H groups in total. The monoisotopic (exact) mass is 298 g/mol. The van der Waals surface area contributed by atoms with E-state index in [9.17, 15) is 4.79 Å². The molecular formula is C14H19ClN2OS. The van der Waals surface area contributed by atoms with Crippen molar-refractivity contribution in [2.45, 2.75) is 42.7 Å². The fourth-order valence-electron chi connectivity index (χ4n) is 2.21. The van der Waals surface area contributed by atoms with Gasteiger partial charge in [0.2, 0.25) is 5.91 Å². The summed E-state index contributed by atoms with van der Waals surface area (Å²) in [5, 5.41) is 3.79. The van der Waals surface area contributed by atoms with Gasteiger partial charge >= 0.3 is 0 Å². The van der Waals surface area contributed by atoms with Crippen molar-refractivity contribution in [2.24, 2.45) is 5.73 Å². The number of halogens is 1. The minimum atomic E-state index is 0.0976. The fraction of sp³-hybridized carbons (Fsp3) is 0.500. The van der Waals surface area contributed by atoms with E-state index >= 15 is 0 Å². The highest BCUT2D eigenvalue weighted by Crippen LogP contribution is 2.21. The lowest BCUT2D eigenvalue weighted by Crippen LogP contribution is -2.41. The van der Waals surface area contributed by atoms with Crippen LogP contribution in [0.4, 0.5) is 0 Å². The Balaban J connectivity index is 1.71. The Morgan fingerprint density at radius 2 is 1.89 bits per heavy atom. The summed E-state index contributed by atoms with van der Waals surface area (Å²) >= 11 is 7.35. The second-order valence-electron chi connectivity index (χ2n) is 4.92. The summed E-state index contributed by atoms with van der Waals surface area (Å²) < 4.78 is 0. The van der Waals surface area contributed by atoms with Crippen LogP contribution in [0.25, 0.3) is 0 Å². The van der Waals surface area contributed by atoms with E-state index in [1.54, 1.807) is 0 Å². The molecule has 5 heteroatoms. The highest BCUT2D eigenvalue weighted by atomic mass is 35.5. The summed E-state index contributed by atoms with van der Waals surface area (Å²) in [5.74, 6) is 0.546. The molecule has 0 atom stereocenters. The molecule has 0 radical (unpaired) electrons. The predicted molar refractivity (Wildman–Crippen MR) is 80.6 cm³/mol. The molecule has 1 aromatic rings. The van der Waals surface area contributed by atoms with Crippen molar-refractivity contribution in [2.75, 3.05) is 5.75 Å². The summed E-state index contributed by atoms with van der Waals surface area (Å²) in [6.45, 7) is 0. The van der Waals surface area contributed by atoms with E-state index in [0.29, 0.717) is 22.9 Å². The SMILES string of the molecule is NC1CCC(NC(=O)CSc2ccc(Cl)cc2)CC1. The Bertz CT molecular complexity index is 416. The Morgan fingerprint density at radius 3 is 2.53 bits per heavy atom. The van der Waals surface area contributed by atoms with Crippen LogP contribution in [0.5, 0.6) is 0 Å². The third-order valence-corrected chi connectivity index (χ3v) is 4.58. The number of rotatable bonds is 4. The number of amides is 1. The van der Waals surface area contributed by atoms with Crippen molar-refractivity contribution in [3.8, 4) is 0 Å². The number of carbonyl (C=O) groups is 1. The van der Waals surface area contributed by atoms with E-state index in [0.717, 1.165) is 30.6 Å². The quantitative estimate of drug-likeness (QED) is 0.841. The zero-order valence-corrected chi connectivity index (χ0v) is 12.3. The molecule has 0 bridgehead atoms. The van der Waals surface area contributed by atoms with Crippen LogP contribution in [0.1, 0.15) is 25.7 Å². The van der Waals surface area contributed by atoms with Crippen molar-refractivity contribution in [3.63, 3.8) is 0 Å². The number of hydrogen-bond acceptors (Lipinski definition) is 3. The third-order valence-electron chi connectivity index (χ3n) is 3.32. The maximum absolute atomic E-state index is 11.8. The normalized spacial score (nSPS) is 23.1. The Kier molecular flexibility index (Phi) is 5.55. The highest BCUT2D eigenvalue weighted by molar-refractivity contribution is 8.00. The van der Waals surface area contributed by atoms with Crippen LogP contribution < -0.4 is 11.1 Å². The number of hydrogen-bond donors (Lipinski definition) is 2. The topological polar surface area (TPSA) is 55.1 Å². The second-order valence-corrected chi connectivity index (χ2v) is 6.41. The second kappa shape index (κ2) is 7.17. The maximum Gasteiger partial charge on any atom is 0.230 e. The van der Waals surface area contributed by atoms with Gasteiger partial charge in [-0.1, -0.05) is 11.6 Å². The predicted octanol–water partition coefficient (Wildman–Crippen LogP) is 2.82. The van der Waals surface area contributed by atoms with Crippen LogP contribution in [-0.2, 0) is 4.79 Å². The van der Waals surface area contributed by atoms with Gasteiger partial charge in [0.25, 0.3) is 0 Å². The molecule has 1 fully saturated rings. The molecule has 19 heavy (non-hydrogen) atoms. The molecule has 1 amide bonds. The number of thioether (sulfide) groups is 1. The van der Waals surface area contributed by atoms with Crippen molar-refractivity contribution in [1.29, 1.82) is 0 Å². The van der Waals surface area contributed by atoms with Gasteiger partial charge in [0.1, 0.15) is 0 Å². The van der Waals surface area contributed by atoms with E-state index in [4.69, 9.17) is 17.3 Å². The van der Waals surface area contributed by atoms with Gasteiger partial charge in [-0.3, -0.25) is 4.79 Å². The van der Waals surface area contributed by atoms with E-state index in [1.165, 1.54) is 11.8 Å². The van der Waals surface area contributed by atoms with Crippen LogP contribution >= 0.6 is 23.4 Å². The molecular weight excluding hydrogens is 280 g/mol. The Morgan fingerprint density at radius 1 is 1.26 bits per heavy atom. The average molecular weight is 299 g/mol. The lowest BCUT2D eigenvalue weighted by molar-refractivity contribution is -0.119. The molecule has 1 aliphatic carbocycles. The summed E-state index contributed by atoms with van der Waals surface area (Å²) in [5.41, 5.74) is 5.85. The summed E-state index contributed by atoms with van der Waals surface area (Å²) in [6.07, 6.45) is 4.02. The smallest absolute Gasteiger partial charge is 0.230 e. The van der Waals surface area contributed by atoms with Gasteiger partial charge in [0.15, 0.2) is 0 Å². The minimum absolute atomic E-state index is 0.0976. The van der Waals surface area contributed by atoms with Crippen LogP contribution in [0.2, 0.25) is 5.02 Å². The van der Waals surface area contributed by atoms with Gasteiger partial charge < -0.3 is 11.1 Å². The zero-order valence-electron chi connectivity index (χ0n) is 10.8. The maximum atomic E-state index is 11.8. The van der Waals surface area contributed by atoms with Gasteiger partial charge in [-0.05, 0) is 49.9 Å². The summed E-state index contributed by atoms with van der Waals surface area (Å²) in [7, 11) is 0. The van der Waals surface area contributed by atoms with Gasteiger partial charge in [0.05, 0.1) is 5.75 Å². The lowest BCUT2D eigenvalue weighted by Gasteiger charge is -2.26. The van der Waals surface area contributed by atoms with Crippen LogP contribution in [-0.4, -0.2) is 23.7 Å². The molecule has 0 unspecified atom stereocenters. The minimum Gasteiger partial charge on any atom is -0.353 e. The molecule has 0 saturated heterocycles. The summed E-state index contributed by atoms with van der Waals surface area (Å²) in [4.78, 5) is 12.9. The van der Waals surface area contributed by atoms with Crippen LogP contribution in [0.15, 0.2) is 29.2 Å². The zero-order chi connectivity index (χ0) is 13.7. The molecule has 1 saturated carbocycles. The first kappa shape index (κ1) is 14.7. The van der Waals surface area contributed by atoms with E-state index in [2.05, 4.69) is 5.32 Å². The first-order valence-corrected chi connectivity index (χ1v) is 7.93. The number of benzene rings is 1. The van der Waals surface area contributed by atoms with Crippen molar-refractivity contribution in [1.82, 2.24) is 5.32 Å². The molecule has 0 spiro atoms. The third kappa shape index (κ3) is 5.05. The lowest BCUT2D eigenvalue weighted by atomic mass is 9.92. The molecule has 1 aliphatic rings. The molecule has 1 aromatic carbocycles. The van der Waals surface area contributed by atoms with E-state index in [1.807, 2.05) is 24.3 Å². The number of carbonyl (C=O) groups excluding carboxylic acids is 1. The van der Waals surface area contributed by atoms with E-state index < -0.39 is 0 Å². The molecule has 3 nitrogen and oxygen atoms in total. The Labute approximate surface area is 123 Å². The van der Waals surface area contributed by atoms with Gasteiger partial charge in [-0.15, -0.1) is 11.8 Å². The standard InChI is InChI=1S/C14H19ClN2OS/c15-10-1-7-13(8-2-10)19-9-14(18)17-12-5-3-11(16)4-6-12/h1-2,7-8,11-12H,3-6,9,16H2,(H,17,18). The largest absolute Gasteiger partial charge is 0.353 e. The molecule has 0 aliphatic heterocycles. The molecule has 0 aromatic heterocycles. The first-order chi connectivity index (χ1) is 9.13. The fourth-order valence-corrected chi connectivity index (χ4v) is 3.05. The van der Waals surface area contributed by atoms with Gasteiger partial charge in [-0.25, -0.2) is 0 Å². The van der Waals surface area contributed by atoms with Crippen molar-refractivity contribution in [3.05, 3.63) is 29.3 Å². The van der Waals surface area contributed by atoms with Crippen LogP contribution in [0.3, 0.4) is 0 Å². The van der Waals surface area contributed by atoms with Crippen molar-refractivity contribution < 1.29 is 4.79 Å². The van der Waals surface area contributed by atoms with Gasteiger partial charge in [0, 0.05) is 22.0 Å². The average Bonchev–Trinajstić information content (AvgIpc) is 2.41. The highest BCUT2D eigenvalue weighted by Gasteiger charge is 2.19. The number of nitrogens with one attached hydrogen (secondary N) is 1. The molecule has 2 rings (SSSR count). The summed E-state index contributed by atoms with van der Waals surface area (Å²) in [6, 6.07) is 8.16. The first-order valence-electron chi connectivity index (χ1n) is 6.57. The van der Waals surface area contributed by atoms with Gasteiger partial charge in [-0.2, -0.15) is 0 Å². The van der Waals surface area contributed by atoms with Crippen molar-refractivity contribution >= 4 is 29.3 Å².